The van der Waals surface area contributed by atoms with E-state index in [2.05, 4.69) is 6.07 Å². The van der Waals surface area contributed by atoms with Crippen LogP contribution in [0.1, 0.15) is 11.1 Å². The molecule has 1 aromatic carbocycles. The maximum absolute atomic E-state index is 12.2. The highest BCUT2D eigenvalue weighted by atomic mass is 16.1. The van der Waals surface area contributed by atoms with Crippen LogP contribution >= 0.6 is 0 Å². The summed E-state index contributed by atoms with van der Waals surface area (Å²) in [5.41, 5.74) is 5.17. The van der Waals surface area contributed by atoms with Crippen molar-refractivity contribution in [1.82, 2.24) is 9.13 Å². The number of fused-ring (bicyclic) bond motifs is 2. The first-order valence-corrected chi connectivity index (χ1v) is 7.15. The summed E-state index contributed by atoms with van der Waals surface area (Å²) in [5.74, 6) is 0. The summed E-state index contributed by atoms with van der Waals surface area (Å²) >= 11 is 0. The molecule has 0 aliphatic carbocycles. The molecule has 0 amide bonds. The summed E-state index contributed by atoms with van der Waals surface area (Å²) in [5, 5.41) is 2.23. The standard InChI is InChI=1S/C16H15BN2O2/c1-8-4-12(20)18(3)15-10(8)6-11-9(2)5-13(21)19-7-17-14(15)16(11)19/h4-6,17H,7H2,1-3H3. The summed E-state index contributed by atoms with van der Waals surface area (Å²) in [6.45, 7) is 3.95. The normalized spacial score (nSPS) is 13.1. The quantitative estimate of drug-likeness (QED) is 0.444. The lowest BCUT2D eigenvalue weighted by Gasteiger charge is -2.14. The molecule has 0 bridgehead atoms. The van der Waals surface area contributed by atoms with Crippen molar-refractivity contribution in [3.05, 3.63) is 50.0 Å². The number of pyridine rings is 2. The molecule has 3 aromatic rings. The molecule has 0 unspecified atom stereocenters. The zero-order valence-electron chi connectivity index (χ0n) is 12.4. The lowest BCUT2D eigenvalue weighted by Crippen LogP contribution is -2.24. The lowest BCUT2D eigenvalue weighted by atomic mass is 9.71. The van der Waals surface area contributed by atoms with E-state index >= 15 is 0 Å². The highest BCUT2D eigenvalue weighted by Gasteiger charge is 2.22. The molecule has 0 saturated carbocycles. The van der Waals surface area contributed by atoms with E-state index in [1.165, 1.54) is 0 Å². The molecular weight excluding hydrogens is 263 g/mol. The van der Waals surface area contributed by atoms with Crippen LogP contribution in [0.3, 0.4) is 0 Å². The molecule has 0 atom stereocenters. The van der Waals surface area contributed by atoms with Crippen molar-refractivity contribution >= 4 is 34.5 Å². The van der Waals surface area contributed by atoms with Crippen LogP contribution in [0.25, 0.3) is 21.8 Å². The first-order valence-electron chi connectivity index (χ1n) is 7.15. The minimum atomic E-state index is 0.00375. The number of aryl methyl sites for hydroxylation is 3. The van der Waals surface area contributed by atoms with E-state index in [1.807, 2.05) is 25.5 Å². The fraction of sp³-hybridized carbons (Fsp3) is 0.250. The average molecular weight is 278 g/mol. The summed E-state index contributed by atoms with van der Waals surface area (Å²) in [4.78, 5) is 24.3. The smallest absolute Gasteiger partial charge is 0.250 e. The van der Waals surface area contributed by atoms with Crippen molar-refractivity contribution in [3.8, 4) is 0 Å². The van der Waals surface area contributed by atoms with Crippen LogP contribution in [0.2, 0.25) is 0 Å². The molecule has 21 heavy (non-hydrogen) atoms. The Labute approximate surface area is 121 Å². The molecule has 1 aliphatic rings. The monoisotopic (exact) mass is 278 g/mol. The van der Waals surface area contributed by atoms with Crippen LogP contribution < -0.4 is 16.6 Å². The SMILES string of the molecule is Cc1cc(=O)n(C)c2c3c4c(cc12)c(C)cc(=O)n4CB3. The Bertz CT molecular complexity index is 1060. The van der Waals surface area contributed by atoms with E-state index in [9.17, 15) is 9.59 Å². The molecule has 0 spiro atoms. The summed E-state index contributed by atoms with van der Waals surface area (Å²) < 4.78 is 3.55. The second-order valence-corrected chi connectivity index (χ2v) is 5.94. The van der Waals surface area contributed by atoms with Crippen molar-refractivity contribution in [3.63, 3.8) is 0 Å². The third-order valence-corrected chi connectivity index (χ3v) is 4.69. The molecular formula is C16H15BN2O2. The first-order chi connectivity index (χ1) is 9.99. The van der Waals surface area contributed by atoms with Crippen LogP contribution in [0.15, 0.2) is 27.8 Å². The largest absolute Gasteiger partial charge is 0.316 e. The van der Waals surface area contributed by atoms with Gasteiger partial charge >= 0.3 is 0 Å². The Morgan fingerprint density at radius 1 is 0.952 bits per heavy atom. The maximum atomic E-state index is 12.2. The van der Waals surface area contributed by atoms with Crippen LogP contribution in [0, 0.1) is 13.8 Å². The van der Waals surface area contributed by atoms with Crippen molar-refractivity contribution < 1.29 is 0 Å². The van der Waals surface area contributed by atoms with E-state index in [1.54, 1.807) is 16.7 Å². The number of nitrogens with zero attached hydrogens (tertiary/aromatic N) is 2. The van der Waals surface area contributed by atoms with Crippen LogP contribution in [-0.4, -0.2) is 16.4 Å². The molecule has 0 fully saturated rings. The Hall–Kier alpha value is -2.30. The van der Waals surface area contributed by atoms with Gasteiger partial charge in [0.2, 0.25) is 0 Å². The van der Waals surface area contributed by atoms with E-state index in [0.717, 1.165) is 45.7 Å². The zero-order chi connectivity index (χ0) is 14.9. The Balaban J connectivity index is 2.41. The van der Waals surface area contributed by atoms with Gasteiger partial charge in [-0.1, -0.05) is 0 Å². The van der Waals surface area contributed by atoms with E-state index in [-0.39, 0.29) is 11.1 Å². The van der Waals surface area contributed by atoms with Gasteiger partial charge in [-0.05, 0) is 36.5 Å². The number of hydrogen-bond donors (Lipinski definition) is 0. The van der Waals surface area contributed by atoms with Gasteiger partial charge < -0.3 is 9.13 Å². The fourth-order valence-corrected chi connectivity index (χ4v) is 3.61. The number of aromatic nitrogens is 2. The molecule has 104 valence electrons. The van der Waals surface area contributed by atoms with Gasteiger partial charge in [0.1, 0.15) is 0 Å². The van der Waals surface area contributed by atoms with E-state index in [4.69, 9.17) is 0 Å². The topological polar surface area (TPSA) is 44.0 Å². The van der Waals surface area contributed by atoms with Crippen molar-refractivity contribution in [2.45, 2.75) is 20.3 Å². The van der Waals surface area contributed by atoms with Gasteiger partial charge in [0, 0.05) is 47.4 Å². The van der Waals surface area contributed by atoms with Crippen LogP contribution in [-0.2, 0) is 13.5 Å². The van der Waals surface area contributed by atoms with Crippen LogP contribution in [0.5, 0.6) is 0 Å². The second kappa shape index (κ2) is 3.88. The van der Waals surface area contributed by atoms with Gasteiger partial charge in [0.15, 0.2) is 7.28 Å². The van der Waals surface area contributed by atoms with Gasteiger partial charge in [-0.2, -0.15) is 0 Å². The third kappa shape index (κ3) is 1.46. The number of benzene rings is 1. The summed E-state index contributed by atoms with van der Waals surface area (Å²) in [6.07, 6.45) is 0.701. The van der Waals surface area contributed by atoms with Crippen LogP contribution in [0.4, 0.5) is 0 Å². The number of rotatable bonds is 0. The van der Waals surface area contributed by atoms with Crippen molar-refractivity contribution in [2.75, 3.05) is 0 Å². The van der Waals surface area contributed by atoms with E-state index < -0.39 is 0 Å². The predicted molar refractivity (Wildman–Crippen MR) is 87.2 cm³/mol. The molecule has 1 aliphatic heterocycles. The minimum Gasteiger partial charge on any atom is -0.316 e. The summed E-state index contributed by atoms with van der Waals surface area (Å²) in [6, 6.07) is 5.52. The first kappa shape index (κ1) is 12.4. The van der Waals surface area contributed by atoms with Gasteiger partial charge in [0.25, 0.3) is 11.1 Å². The Kier molecular flexibility index (Phi) is 2.30. The highest BCUT2D eigenvalue weighted by Crippen LogP contribution is 2.25. The third-order valence-electron chi connectivity index (χ3n) is 4.69. The zero-order valence-corrected chi connectivity index (χ0v) is 12.4. The van der Waals surface area contributed by atoms with E-state index in [0.29, 0.717) is 6.44 Å². The molecule has 5 heteroatoms. The Morgan fingerprint density at radius 3 is 2.29 bits per heavy atom. The molecule has 0 saturated heterocycles. The molecule has 2 aromatic heterocycles. The Morgan fingerprint density at radius 2 is 1.57 bits per heavy atom. The van der Waals surface area contributed by atoms with Gasteiger partial charge in [-0.15, -0.1) is 0 Å². The predicted octanol–water partition coefficient (Wildman–Crippen LogP) is 0.503. The molecule has 4 nitrogen and oxygen atoms in total. The highest BCUT2D eigenvalue weighted by molar-refractivity contribution is 6.61. The molecule has 3 heterocycles. The molecule has 4 rings (SSSR count). The van der Waals surface area contributed by atoms with Gasteiger partial charge in [-0.25, -0.2) is 0 Å². The lowest BCUT2D eigenvalue weighted by molar-refractivity contribution is 0.882. The summed E-state index contributed by atoms with van der Waals surface area (Å²) in [7, 11) is 2.62. The van der Waals surface area contributed by atoms with Gasteiger partial charge in [0.05, 0.1) is 0 Å². The molecule has 0 radical (unpaired) electrons. The second-order valence-electron chi connectivity index (χ2n) is 5.94. The fourth-order valence-electron chi connectivity index (χ4n) is 3.61. The van der Waals surface area contributed by atoms with Crippen molar-refractivity contribution in [2.24, 2.45) is 7.05 Å². The molecule has 0 N–H and O–H groups in total. The maximum Gasteiger partial charge on any atom is 0.250 e. The number of hydrogen-bond acceptors (Lipinski definition) is 2. The van der Waals surface area contributed by atoms with Gasteiger partial charge in [-0.3, -0.25) is 9.59 Å². The minimum absolute atomic E-state index is 0.00375. The van der Waals surface area contributed by atoms with Crippen molar-refractivity contribution in [1.29, 1.82) is 0 Å². The average Bonchev–Trinajstić information content (AvgIpc) is 2.87.